The molecule has 0 atom stereocenters. The molecule has 6 heteroatoms. The van der Waals surface area contributed by atoms with E-state index in [-0.39, 0.29) is 33.1 Å². The lowest BCUT2D eigenvalue weighted by Gasteiger charge is -2.46. The van der Waals surface area contributed by atoms with Gasteiger partial charge in [0.25, 0.3) is 6.71 Å². The van der Waals surface area contributed by atoms with Gasteiger partial charge in [-0.2, -0.15) is 0 Å². The molecule has 0 saturated carbocycles. The Morgan fingerprint density at radius 3 is 1.06 bits per heavy atom. The molecular weight excluding hydrogens is 1330 g/mol. The van der Waals surface area contributed by atoms with Crippen molar-refractivity contribution in [3.05, 3.63) is 375 Å². The number of rotatable bonds is 10. The molecule has 0 bridgehead atoms. The lowest BCUT2D eigenvalue weighted by Crippen LogP contribution is -2.61. The average molecular weight is 1420 g/mol. The van der Waals surface area contributed by atoms with Crippen LogP contribution in [0.5, 0.6) is 0 Å². The predicted octanol–water partition coefficient (Wildman–Crippen LogP) is 26.0. The lowest BCUT2D eigenvalue weighted by atomic mass is 9.33. The molecular formula is C104H78BN5. The van der Waals surface area contributed by atoms with Crippen molar-refractivity contribution in [2.24, 2.45) is 0 Å². The van der Waals surface area contributed by atoms with Crippen molar-refractivity contribution >= 4 is 123 Å². The van der Waals surface area contributed by atoms with Crippen molar-refractivity contribution in [1.29, 1.82) is 0 Å². The van der Waals surface area contributed by atoms with Crippen LogP contribution in [0.3, 0.4) is 0 Å². The van der Waals surface area contributed by atoms with Gasteiger partial charge in [0.2, 0.25) is 0 Å². The van der Waals surface area contributed by atoms with Crippen LogP contribution in [0.4, 0.5) is 34.1 Å². The van der Waals surface area contributed by atoms with E-state index >= 15 is 0 Å². The molecule has 2 aliphatic rings. The number of fused-ring (bicyclic) bond motifs is 13. The summed E-state index contributed by atoms with van der Waals surface area (Å²) in [5, 5.41) is 4.16. The van der Waals surface area contributed by atoms with Gasteiger partial charge >= 0.3 is 0 Å². The van der Waals surface area contributed by atoms with Crippen LogP contribution in [0.25, 0.3) is 138 Å². The summed E-state index contributed by atoms with van der Waals surface area (Å²) in [7, 11) is 0. The smallest absolute Gasteiger partial charge is 0.252 e. The molecule has 3 aromatic heterocycles. The molecule has 21 rings (SSSR count). The van der Waals surface area contributed by atoms with Gasteiger partial charge in [0.15, 0.2) is 0 Å². The van der Waals surface area contributed by atoms with Crippen LogP contribution < -0.4 is 26.2 Å². The van der Waals surface area contributed by atoms with Gasteiger partial charge in [-0.3, -0.25) is 0 Å². The third kappa shape index (κ3) is 10.2. The van der Waals surface area contributed by atoms with Crippen LogP contribution in [0.1, 0.15) is 70.5 Å². The fourth-order valence-corrected chi connectivity index (χ4v) is 17.5. The summed E-state index contributed by atoms with van der Waals surface area (Å²) < 4.78 is 132. The fraction of sp³-hybridized carbons (Fsp3) is 0.0769. The minimum absolute atomic E-state index is 0.0130. The van der Waals surface area contributed by atoms with Crippen molar-refractivity contribution in [2.45, 2.75) is 52.4 Å². The van der Waals surface area contributed by atoms with Crippen LogP contribution in [-0.4, -0.2) is 20.4 Å². The van der Waals surface area contributed by atoms with Gasteiger partial charge in [-0.05, 0) is 175 Å². The molecule has 522 valence electrons. The maximum Gasteiger partial charge on any atom is 0.252 e. The van der Waals surface area contributed by atoms with Crippen molar-refractivity contribution in [2.75, 3.05) is 9.80 Å². The monoisotopic (exact) mass is 1420 g/mol. The molecule has 19 aromatic rings. The molecule has 0 N–H and O–H groups in total. The normalized spacial score (nSPS) is 14.4. The van der Waals surface area contributed by atoms with E-state index in [1.54, 1.807) is 4.57 Å². The van der Waals surface area contributed by atoms with E-state index in [1.807, 2.05) is 72.8 Å². The molecule has 0 unspecified atom stereocenters. The van der Waals surface area contributed by atoms with Gasteiger partial charge < -0.3 is 23.5 Å². The largest absolute Gasteiger partial charge is 0.310 e. The van der Waals surface area contributed by atoms with Gasteiger partial charge in [0, 0.05) is 88.7 Å². The predicted molar refractivity (Wildman–Crippen MR) is 468 cm³/mol. The van der Waals surface area contributed by atoms with E-state index in [0.717, 1.165) is 138 Å². The molecule has 0 saturated heterocycles. The highest BCUT2D eigenvalue weighted by molar-refractivity contribution is 7.00. The summed E-state index contributed by atoms with van der Waals surface area (Å²) in [4.78, 5) is 4.62. The van der Waals surface area contributed by atoms with Crippen molar-refractivity contribution in [1.82, 2.24) is 13.7 Å². The van der Waals surface area contributed by atoms with E-state index in [4.69, 9.17) is 1.37 Å². The molecule has 16 aromatic carbocycles. The summed E-state index contributed by atoms with van der Waals surface area (Å²) >= 11 is 0. The lowest BCUT2D eigenvalue weighted by molar-refractivity contribution is 0.590. The fourth-order valence-electron chi connectivity index (χ4n) is 17.5. The molecule has 0 spiro atoms. The summed E-state index contributed by atoms with van der Waals surface area (Å²) in [5.74, 6) is 0. The average Bonchev–Trinajstić information content (AvgIpc) is 1.65. The number of nitrogens with zero attached hydrogens (tertiary/aromatic N) is 5. The second-order valence-electron chi connectivity index (χ2n) is 31.0. The Labute approximate surface area is 660 Å². The van der Waals surface area contributed by atoms with Gasteiger partial charge in [-0.25, -0.2) is 0 Å². The zero-order valence-electron chi connectivity index (χ0n) is 74.4. The van der Waals surface area contributed by atoms with Crippen molar-refractivity contribution in [3.63, 3.8) is 0 Å². The minimum Gasteiger partial charge on any atom is -0.310 e. The zero-order chi connectivity index (χ0) is 85.0. The molecule has 5 heterocycles. The van der Waals surface area contributed by atoms with Crippen LogP contribution in [0.2, 0.25) is 0 Å². The SMILES string of the molecule is [2H]c1c([2H])c([2H])c(-c2ccc3c(c2)N(c2c(-c4ccccc4)cc(C(C)(C)C)cc2-c2ccccc2)c2cc(-n4c5c([2H])c([2H])c([2H])c([2H])c5c5c([2H])c([2H])c([2H])c([2H])c54)cc4c2B3c2ccc(-n3c5ccccc5c5cc(-n6c7ccccc7c7ccccc76)ccc53)cc2N4c2c(-c3ccccc3)cc(C(C)(C)C)cc2-c2ccccc2)c([2H])c1[2H]. The first kappa shape index (κ1) is 52.6. The summed E-state index contributed by atoms with van der Waals surface area (Å²) in [6.45, 7) is 12.5. The molecule has 0 fully saturated rings. The number of hydrogen-bond acceptors (Lipinski definition) is 2. The third-order valence-corrected chi connectivity index (χ3v) is 22.6. The highest BCUT2D eigenvalue weighted by atomic mass is 15.2. The van der Waals surface area contributed by atoms with Gasteiger partial charge in [-0.1, -0.05) is 302 Å². The van der Waals surface area contributed by atoms with E-state index < -0.39 is 96.1 Å². The zero-order valence-corrected chi connectivity index (χ0v) is 61.4. The molecule has 0 aliphatic carbocycles. The Hall–Kier alpha value is -13.4. The first-order valence-corrected chi connectivity index (χ1v) is 37.5. The maximum absolute atomic E-state index is 10.3. The Balaban J connectivity index is 0.983. The Kier molecular flexibility index (Phi) is 12.0. The van der Waals surface area contributed by atoms with Crippen molar-refractivity contribution in [3.8, 4) is 72.7 Å². The Bertz CT molecular complexity index is 7480. The minimum atomic E-state index is -0.757. The highest BCUT2D eigenvalue weighted by Gasteiger charge is 2.46. The number of anilines is 6. The van der Waals surface area contributed by atoms with E-state index in [9.17, 15) is 16.4 Å². The summed E-state index contributed by atoms with van der Waals surface area (Å²) in [6.07, 6.45) is 0. The molecule has 2 aliphatic heterocycles. The summed E-state index contributed by atoms with van der Waals surface area (Å²) in [6, 6.07) is 92.8. The van der Waals surface area contributed by atoms with E-state index in [2.05, 4.69) is 273 Å². The second kappa shape index (κ2) is 25.1. The van der Waals surface area contributed by atoms with Crippen LogP contribution in [-0.2, 0) is 10.8 Å². The van der Waals surface area contributed by atoms with Gasteiger partial charge in [-0.15, -0.1) is 0 Å². The number of hydrogen-bond donors (Lipinski definition) is 0. The van der Waals surface area contributed by atoms with Gasteiger partial charge in [0.1, 0.15) is 0 Å². The highest BCUT2D eigenvalue weighted by Crippen LogP contribution is 2.56. The van der Waals surface area contributed by atoms with Crippen LogP contribution >= 0.6 is 0 Å². The molecule has 0 radical (unpaired) electrons. The second-order valence-corrected chi connectivity index (χ2v) is 31.0. The van der Waals surface area contributed by atoms with Crippen molar-refractivity contribution < 1.29 is 17.8 Å². The van der Waals surface area contributed by atoms with Crippen LogP contribution in [0, 0.1) is 0 Å². The Morgan fingerprint density at radius 2 is 0.609 bits per heavy atom. The quantitative estimate of drug-likeness (QED) is 0.127. The standard InChI is InChI=1S/C104H78BN5/c1-103(2,3)73-59-83(68-34-14-8-15-35-68)101(84(60-73)69-36-16-9-17-37-69)109-96-58-72(67-32-12-7-13-33-67)52-55-88(96)105-89-56-53-76(107-94-51-31-26-46-82(94)87-63-75(54-57-95(87)107)106-90-47-27-22-42-78(90)79-43-23-28-48-91(79)106)64-97(89)110(99-66-77(65-98(109)100(99)105)108-92-49-29-24-44-80(92)81-45-25-30-50-93(81)108)102-85(70-38-18-10-19-39-70)61-74(104(4,5)6)62-86(102)71-40-20-11-21-41-71/h7-66H,1-6H3/i7D,12D,13D,24D,25D,29D,30D,32D,33D,44D,45D,49D,50D. The number of benzene rings is 16. The van der Waals surface area contributed by atoms with E-state index in [0.29, 0.717) is 28.3 Å². The maximum atomic E-state index is 10.3. The topological polar surface area (TPSA) is 21.3 Å². The van der Waals surface area contributed by atoms with E-state index in [1.165, 1.54) is 0 Å². The molecule has 5 nitrogen and oxygen atoms in total. The number of aromatic nitrogens is 3. The summed E-state index contributed by atoms with van der Waals surface area (Å²) in [5.41, 5.74) is 20.7. The molecule has 110 heavy (non-hydrogen) atoms. The number of para-hydroxylation sites is 5. The third-order valence-electron chi connectivity index (χ3n) is 22.6. The van der Waals surface area contributed by atoms with Crippen LogP contribution in [0.15, 0.2) is 364 Å². The molecule has 0 amide bonds. The Morgan fingerprint density at radius 1 is 0.255 bits per heavy atom. The first-order valence-electron chi connectivity index (χ1n) is 44.0. The van der Waals surface area contributed by atoms with Gasteiger partial charge in [0.05, 0.1) is 68.0 Å². The first-order chi connectivity index (χ1) is 59.3.